The van der Waals surface area contributed by atoms with E-state index in [1.165, 1.54) is 12.1 Å². The van der Waals surface area contributed by atoms with Gasteiger partial charge in [-0.3, -0.25) is 4.79 Å². The van der Waals surface area contributed by atoms with Crippen LogP contribution in [0.1, 0.15) is 22.3 Å². The highest BCUT2D eigenvalue weighted by Crippen LogP contribution is 2.11. The van der Waals surface area contributed by atoms with Gasteiger partial charge in [-0.25, -0.2) is 4.79 Å². The zero-order valence-corrected chi connectivity index (χ0v) is 15.5. The van der Waals surface area contributed by atoms with Gasteiger partial charge >= 0.3 is 6.09 Å². The second-order valence-corrected chi connectivity index (χ2v) is 6.57. The van der Waals surface area contributed by atoms with Crippen LogP contribution < -0.4 is 5.32 Å². The maximum atomic E-state index is 12.3. The van der Waals surface area contributed by atoms with Gasteiger partial charge in [-0.15, -0.1) is 0 Å². The topological polar surface area (TPSA) is 88.1 Å². The molecule has 2 aromatic rings. The van der Waals surface area contributed by atoms with Crippen LogP contribution in [0.3, 0.4) is 0 Å². The maximum absolute atomic E-state index is 12.3. The summed E-state index contributed by atoms with van der Waals surface area (Å²) in [5, 5.41) is 12.1. The molecule has 0 aliphatic carbocycles. The molecule has 148 valence electrons. The summed E-state index contributed by atoms with van der Waals surface area (Å²) in [5.74, 6) is -0.116. The molecule has 0 saturated carbocycles. The molecule has 1 saturated heterocycles. The molecule has 2 amide bonds. The molecule has 3 rings (SSSR count). The molecule has 28 heavy (non-hydrogen) atoms. The SMILES string of the molecule is O=C(NC[C@H]1CCN(C(=O)OCc2ccccc2)CCO1)c1ccc(O)cc1. The van der Waals surface area contributed by atoms with E-state index in [1.807, 2.05) is 30.3 Å². The van der Waals surface area contributed by atoms with Gasteiger partial charge < -0.3 is 24.8 Å². The van der Waals surface area contributed by atoms with Gasteiger partial charge in [0.1, 0.15) is 12.4 Å². The summed E-state index contributed by atoms with van der Waals surface area (Å²) in [6, 6.07) is 15.6. The van der Waals surface area contributed by atoms with Gasteiger partial charge in [0.15, 0.2) is 0 Å². The van der Waals surface area contributed by atoms with Crippen molar-refractivity contribution in [3.05, 3.63) is 65.7 Å². The molecule has 1 aliphatic heterocycles. The normalized spacial score (nSPS) is 16.9. The number of ether oxygens (including phenoxy) is 2. The first-order valence-corrected chi connectivity index (χ1v) is 9.26. The zero-order chi connectivity index (χ0) is 19.8. The molecule has 1 aliphatic rings. The smallest absolute Gasteiger partial charge is 0.410 e. The average molecular weight is 384 g/mol. The Balaban J connectivity index is 1.42. The number of nitrogens with one attached hydrogen (secondary N) is 1. The monoisotopic (exact) mass is 384 g/mol. The van der Waals surface area contributed by atoms with Gasteiger partial charge in [0, 0.05) is 25.2 Å². The first-order chi connectivity index (χ1) is 13.6. The van der Waals surface area contributed by atoms with Gasteiger partial charge in [0.25, 0.3) is 5.91 Å². The minimum absolute atomic E-state index is 0.114. The maximum Gasteiger partial charge on any atom is 0.410 e. The number of phenolic OH excluding ortho intramolecular Hbond substituents is 1. The van der Waals surface area contributed by atoms with Crippen molar-refractivity contribution in [3.8, 4) is 5.75 Å². The van der Waals surface area contributed by atoms with Crippen LogP contribution in [-0.2, 0) is 16.1 Å². The van der Waals surface area contributed by atoms with Crippen LogP contribution in [-0.4, -0.2) is 54.4 Å². The first kappa shape index (κ1) is 19.7. The predicted molar refractivity (Wildman–Crippen MR) is 103 cm³/mol. The van der Waals surface area contributed by atoms with Crippen molar-refractivity contribution in [2.45, 2.75) is 19.1 Å². The lowest BCUT2D eigenvalue weighted by atomic mass is 10.2. The van der Waals surface area contributed by atoms with Crippen LogP contribution >= 0.6 is 0 Å². The van der Waals surface area contributed by atoms with Crippen molar-refractivity contribution < 1.29 is 24.2 Å². The van der Waals surface area contributed by atoms with E-state index >= 15 is 0 Å². The molecule has 0 spiro atoms. The van der Waals surface area contributed by atoms with Crippen molar-refractivity contribution in [3.63, 3.8) is 0 Å². The number of phenols is 1. The molecule has 0 aromatic heterocycles. The van der Waals surface area contributed by atoms with E-state index in [9.17, 15) is 14.7 Å². The third-order valence-electron chi connectivity index (χ3n) is 4.52. The van der Waals surface area contributed by atoms with E-state index in [0.717, 1.165) is 5.56 Å². The number of hydrogen-bond donors (Lipinski definition) is 2. The first-order valence-electron chi connectivity index (χ1n) is 9.26. The van der Waals surface area contributed by atoms with Crippen LogP contribution in [0.5, 0.6) is 5.75 Å². The van der Waals surface area contributed by atoms with Gasteiger partial charge in [-0.05, 0) is 36.2 Å². The number of benzene rings is 2. The minimum atomic E-state index is -0.360. The summed E-state index contributed by atoms with van der Waals surface area (Å²) in [6.07, 6.45) is 0.0743. The standard InChI is InChI=1S/C21H24N2O5/c24-18-8-6-17(7-9-18)20(25)22-14-19-10-11-23(12-13-27-19)21(26)28-15-16-4-2-1-3-5-16/h1-9,19,24H,10-15H2,(H,22,25)/t19-/m1/s1. The van der Waals surface area contributed by atoms with Gasteiger partial charge in [-0.1, -0.05) is 30.3 Å². The molecule has 0 bridgehead atoms. The van der Waals surface area contributed by atoms with E-state index in [2.05, 4.69) is 5.32 Å². The highest BCUT2D eigenvalue weighted by Gasteiger charge is 2.22. The number of aromatic hydroxyl groups is 1. The van der Waals surface area contributed by atoms with E-state index in [0.29, 0.717) is 38.2 Å². The molecule has 0 unspecified atom stereocenters. The molecule has 2 N–H and O–H groups in total. The highest BCUT2D eigenvalue weighted by molar-refractivity contribution is 5.94. The van der Waals surface area contributed by atoms with Crippen LogP contribution in [0.2, 0.25) is 0 Å². The second kappa shape index (κ2) is 9.75. The fraction of sp³-hybridized carbons (Fsp3) is 0.333. The summed E-state index contributed by atoms with van der Waals surface area (Å²) in [7, 11) is 0. The fourth-order valence-electron chi connectivity index (χ4n) is 2.90. The largest absolute Gasteiger partial charge is 0.508 e. The number of hydrogen-bond acceptors (Lipinski definition) is 5. The molecular formula is C21H24N2O5. The Kier molecular flexibility index (Phi) is 6.86. The Bertz CT molecular complexity index is 779. The van der Waals surface area contributed by atoms with Gasteiger partial charge in [0.2, 0.25) is 0 Å². The fourth-order valence-corrected chi connectivity index (χ4v) is 2.90. The molecule has 1 fully saturated rings. The molecule has 2 aromatic carbocycles. The van der Waals surface area contributed by atoms with E-state index in [1.54, 1.807) is 17.0 Å². The van der Waals surface area contributed by atoms with Crippen LogP contribution in [0.4, 0.5) is 4.79 Å². The lowest BCUT2D eigenvalue weighted by Gasteiger charge is -2.19. The summed E-state index contributed by atoms with van der Waals surface area (Å²) < 4.78 is 11.1. The zero-order valence-electron chi connectivity index (χ0n) is 15.5. The second-order valence-electron chi connectivity index (χ2n) is 6.57. The number of carbonyl (C=O) groups is 2. The highest BCUT2D eigenvalue weighted by atomic mass is 16.6. The van der Waals surface area contributed by atoms with E-state index < -0.39 is 0 Å². The minimum Gasteiger partial charge on any atom is -0.508 e. The summed E-state index contributed by atoms with van der Waals surface area (Å²) >= 11 is 0. The Labute approximate surface area is 163 Å². The third-order valence-corrected chi connectivity index (χ3v) is 4.52. The Morgan fingerprint density at radius 3 is 2.61 bits per heavy atom. The summed E-state index contributed by atoms with van der Waals surface area (Å²) in [5.41, 5.74) is 1.41. The van der Waals surface area contributed by atoms with E-state index in [-0.39, 0.29) is 30.5 Å². The quantitative estimate of drug-likeness (QED) is 0.827. The van der Waals surface area contributed by atoms with Crippen molar-refractivity contribution >= 4 is 12.0 Å². The third kappa shape index (κ3) is 5.72. The van der Waals surface area contributed by atoms with Crippen molar-refractivity contribution in [2.75, 3.05) is 26.2 Å². The number of rotatable bonds is 5. The Morgan fingerprint density at radius 2 is 1.86 bits per heavy atom. The van der Waals surface area contributed by atoms with Crippen LogP contribution in [0.25, 0.3) is 0 Å². The van der Waals surface area contributed by atoms with Crippen molar-refractivity contribution in [1.82, 2.24) is 10.2 Å². The lowest BCUT2D eigenvalue weighted by Crippen LogP contribution is -2.35. The summed E-state index contributed by atoms with van der Waals surface area (Å²) in [6.45, 7) is 1.94. The van der Waals surface area contributed by atoms with E-state index in [4.69, 9.17) is 9.47 Å². The van der Waals surface area contributed by atoms with Crippen molar-refractivity contribution in [1.29, 1.82) is 0 Å². The van der Waals surface area contributed by atoms with Crippen LogP contribution in [0, 0.1) is 0 Å². The molecule has 1 heterocycles. The van der Waals surface area contributed by atoms with Gasteiger partial charge in [-0.2, -0.15) is 0 Å². The van der Waals surface area contributed by atoms with Crippen LogP contribution in [0.15, 0.2) is 54.6 Å². The predicted octanol–water partition coefficient (Wildman–Crippen LogP) is 2.55. The summed E-state index contributed by atoms with van der Waals surface area (Å²) in [4.78, 5) is 26.0. The molecule has 1 atom stereocenters. The average Bonchev–Trinajstić information content (AvgIpc) is 2.97. The molecule has 0 radical (unpaired) electrons. The molecule has 7 heteroatoms. The lowest BCUT2D eigenvalue weighted by molar-refractivity contribution is 0.0569. The number of carbonyl (C=O) groups excluding carboxylic acids is 2. The van der Waals surface area contributed by atoms with Gasteiger partial charge in [0.05, 0.1) is 12.7 Å². The number of amides is 2. The molecule has 7 nitrogen and oxygen atoms in total. The Morgan fingerprint density at radius 1 is 1.11 bits per heavy atom. The Hall–Kier alpha value is -3.06. The molecular weight excluding hydrogens is 360 g/mol. The van der Waals surface area contributed by atoms with Crippen molar-refractivity contribution in [2.24, 2.45) is 0 Å². The number of nitrogens with zero attached hydrogens (tertiary/aromatic N) is 1.